The lowest BCUT2D eigenvalue weighted by atomic mass is 9.82. The Morgan fingerprint density at radius 1 is 1.47 bits per heavy atom. The molecule has 1 aromatic carbocycles. The third kappa shape index (κ3) is 1.89. The van der Waals surface area contributed by atoms with E-state index in [2.05, 4.69) is 6.07 Å². The molecule has 1 aliphatic carbocycles. The van der Waals surface area contributed by atoms with Crippen molar-refractivity contribution in [3.05, 3.63) is 29.3 Å². The molecule has 1 atom stereocenters. The zero-order valence-corrected chi connectivity index (χ0v) is 9.25. The lowest BCUT2D eigenvalue weighted by molar-refractivity contribution is -0.121. The van der Waals surface area contributed by atoms with Crippen LogP contribution in [0.2, 0.25) is 0 Å². The lowest BCUT2D eigenvalue weighted by Crippen LogP contribution is -2.20. The summed E-state index contributed by atoms with van der Waals surface area (Å²) in [4.78, 5) is 11.3. The van der Waals surface area contributed by atoms with Gasteiger partial charge in [0.05, 0.1) is 7.11 Å². The van der Waals surface area contributed by atoms with Crippen molar-refractivity contribution in [1.82, 2.24) is 0 Å². The van der Waals surface area contributed by atoms with Crippen LogP contribution in [0.25, 0.3) is 0 Å². The molecule has 0 aromatic heterocycles. The summed E-state index contributed by atoms with van der Waals surface area (Å²) in [6, 6.07) is 6.10. The fourth-order valence-electron chi connectivity index (χ4n) is 2.31. The third-order valence-corrected chi connectivity index (χ3v) is 3.23. The van der Waals surface area contributed by atoms with Crippen LogP contribution in [0.1, 0.15) is 24.5 Å². The molecule has 0 heterocycles. The zero-order chi connectivity index (χ0) is 10.8. The number of methoxy groups -OCH3 is 1. The van der Waals surface area contributed by atoms with Crippen molar-refractivity contribution >= 4 is 5.78 Å². The number of ketones is 1. The molecule has 15 heavy (non-hydrogen) atoms. The second-order valence-corrected chi connectivity index (χ2v) is 4.15. The Hall–Kier alpha value is -1.31. The van der Waals surface area contributed by atoms with Crippen molar-refractivity contribution in [2.45, 2.75) is 26.2 Å². The topological polar surface area (TPSA) is 26.3 Å². The highest BCUT2D eigenvalue weighted by Crippen LogP contribution is 2.32. The molecular weight excluding hydrogens is 188 g/mol. The molecule has 0 amide bonds. The molecule has 2 heteroatoms. The van der Waals surface area contributed by atoms with E-state index in [1.165, 1.54) is 11.1 Å². The minimum atomic E-state index is 0.213. The Kier molecular flexibility index (Phi) is 2.76. The van der Waals surface area contributed by atoms with E-state index in [1.807, 2.05) is 12.1 Å². The van der Waals surface area contributed by atoms with Gasteiger partial charge in [0.1, 0.15) is 11.5 Å². The van der Waals surface area contributed by atoms with Crippen LogP contribution in [0, 0.1) is 5.92 Å². The monoisotopic (exact) mass is 204 g/mol. The van der Waals surface area contributed by atoms with E-state index >= 15 is 0 Å². The second kappa shape index (κ2) is 4.05. The number of Topliss-reactive ketones (excluding diaryl/α,β-unsaturated/α-hetero) is 1. The summed E-state index contributed by atoms with van der Waals surface area (Å²) in [6.07, 6.45) is 2.80. The summed E-state index contributed by atoms with van der Waals surface area (Å²) in [5.74, 6) is 1.49. The Morgan fingerprint density at radius 3 is 2.93 bits per heavy atom. The highest BCUT2D eigenvalue weighted by atomic mass is 16.5. The minimum absolute atomic E-state index is 0.213. The van der Waals surface area contributed by atoms with Crippen molar-refractivity contribution in [2.24, 2.45) is 5.92 Å². The number of carbonyl (C=O) groups is 1. The standard InChI is InChI=1S/C13H16O2/c1-9(14)10-6-7-12-11(8-10)4-3-5-13(12)15-2/h3-5,10H,6-8H2,1-2H3. The van der Waals surface area contributed by atoms with Gasteiger partial charge in [-0.1, -0.05) is 12.1 Å². The van der Waals surface area contributed by atoms with E-state index in [0.717, 1.165) is 25.0 Å². The maximum atomic E-state index is 11.3. The van der Waals surface area contributed by atoms with Gasteiger partial charge in [0.15, 0.2) is 0 Å². The Balaban J connectivity index is 2.31. The highest BCUT2D eigenvalue weighted by Gasteiger charge is 2.23. The maximum absolute atomic E-state index is 11.3. The fourth-order valence-corrected chi connectivity index (χ4v) is 2.31. The van der Waals surface area contributed by atoms with Gasteiger partial charge in [-0.25, -0.2) is 0 Å². The fraction of sp³-hybridized carbons (Fsp3) is 0.462. The average molecular weight is 204 g/mol. The maximum Gasteiger partial charge on any atom is 0.133 e. The van der Waals surface area contributed by atoms with E-state index in [0.29, 0.717) is 5.78 Å². The van der Waals surface area contributed by atoms with E-state index < -0.39 is 0 Å². The van der Waals surface area contributed by atoms with Gasteiger partial charge >= 0.3 is 0 Å². The molecule has 80 valence electrons. The van der Waals surface area contributed by atoms with Crippen molar-refractivity contribution in [2.75, 3.05) is 7.11 Å². The molecule has 0 spiro atoms. The van der Waals surface area contributed by atoms with Crippen LogP contribution >= 0.6 is 0 Å². The molecule has 2 rings (SSSR count). The van der Waals surface area contributed by atoms with Crippen LogP contribution in [-0.2, 0) is 17.6 Å². The van der Waals surface area contributed by atoms with Crippen LogP contribution < -0.4 is 4.74 Å². The van der Waals surface area contributed by atoms with Gasteiger partial charge in [-0.15, -0.1) is 0 Å². The third-order valence-electron chi connectivity index (χ3n) is 3.23. The Morgan fingerprint density at radius 2 is 2.27 bits per heavy atom. The van der Waals surface area contributed by atoms with Crippen molar-refractivity contribution in [3.8, 4) is 5.75 Å². The molecule has 0 aliphatic heterocycles. The van der Waals surface area contributed by atoms with Crippen LogP contribution in [0.15, 0.2) is 18.2 Å². The van der Waals surface area contributed by atoms with Gasteiger partial charge in [0, 0.05) is 5.92 Å². The smallest absolute Gasteiger partial charge is 0.133 e. The van der Waals surface area contributed by atoms with E-state index in [9.17, 15) is 4.79 Å². The first-order valence-corrected chi connectivity index (χ1v) is 5.37. The molecule has 1 aliphatic rings. The van der Waals surface area contributed by atoms with Crippen LogP contribution in [0.3, 0.4) is 0 Å². The molecule has 0 radical (unpaired) electrons. The number of fused-ring (bicyclic) bond motifs is 1. The lowest BCUT2D eigenvalue weighted by Gasteiger charge is -2.24. The minimum Gasteiger partial charge on any atom is -0.496 e. The largest absolute Gasteiger partial charge is 0.496 e. The van der Waals surface area contributed by atoms with E-state index in [4.69, 9.17) is 4.74 Å². The number of rotatable bonds is 2. The summed E-state index contributed by atoms with van der Waals surface area (Å²) < 4.78 is 5.32. The molecule has 0 bridgehead atoms. The predicted octanol–water partition coefficient (Wildman–Crippen LogP) is 2.39. The number of ether oxygens (including phenoxy) is 1. The highest BCUT2D eigenvalue weighted by molar-refractivity contribution is 5.79. The number of hydrogen-bond donors (Lipinski definition) is 0. The van der Waals surface area contributed by atoms with Crippen LogP contribution in [-0.4, -0.2) is 12.9 Å². The quantitative estimate of drug-likeness (QED) is 0.739. The van der Waals surface area contributed by atoms with Gasteiger partial charge in [0.25, 0.3) is 0 Å². The average Bonchev–Trinajstić information content (AvgIpc) is 2.27. The summed E-state index contributed by atoms with van der Waals surface area (Å²) >= 11 is 0. The summed E-state index contributed by atoms with van der Waals surface area (Å²) in [7, 11) is 1.70. The SMILES string of the molecule is COc1cccc2c1CCC(C(C)=O)C2. The van der Waals surface area contributed by atoms with E-state index in [-0.39, 0.29) is 5.92 Å². The number of carbonyl (C=O) groups excluding carboxylic acids is 1. The Bertz CT molecular complexity index is 382. The summed E-state index contributed by atoms with van der Waals surface area (Å²) in [6.45, 7) is 1.69. The summed E-state index contributed by atoms with van der Waals surface area (Å²) in [5, 5.41) is 0. The molecule has 1 aromatic rings. The first kappa shape index (κ1) is 10.2. The van der Waals surface area contributed by atoms with Gasteiger partial charge in [-0.3, -0.25) is 4.79 Å². The summed E-state index contributed by atoms with van der Waals surface area (Å²) in [5.41, 5.74) is 2.57. The molecule has 0 saturated heterocycles. The molecule has 0 fully saturated rings. The van der Waals surface area contributed by atoms with Crippen molar-refractivity contribution in [1.29, 1.82) is 0 Å². The normalized spacial score (nSPS) is 19.5. The van der Waals surface area contributed by atoms with Gasteiger partial charge in [0.2, 0.25) is 0 Å². The predicted molar refractivity (Wildman–Crippen MR) is 59.2 cm³/mol. The van der Waals surface area contributed by atoms with Crippen LogP contribution in [0.4, 0.5) is 0 Å². The molecule has 0 N–H and O–H groups in total. The zero-order valence-electron chi connectivity index (χ0n) is 9.25. The second-order valence-electron chi connectivity index (χ2n) is 4.15. The van der Waals surface area contributed by atoms with Gasteiger partial charge in [-0.2, -0.15) is 0 Å². The Labute approximate surface area is 90.3 Å². The molecular formula is C13H16O2. The van der Waals surface area contributed by atoms with Gasteiger partial charge < -0.3 is 4.74 Å². The molecule has 0 saturated carbocycles. The number of benzene rings is 1. The van der Waals surface area contributed by atoms with Gasteiger partial charge in [-0.05, 0) is 43.4 Å². The van der Waals surface area contributed by atoms with E-state index in [1.54, 1.807) is 14.0 Å². The first-order valence-electron chi connectivity index (χ1n) is 5.37. The molecule has 2 nitrogen and oxygen atoms in total. The first-order chi connectivity index (χ1) is 7.22. The molecule has 1 unspecified atom stereocenters. The van der Waals surface area contributed by atoms with Crippen molar-refractivity contribution < 1.29 is 9.53 Å². The number of hydrogen-bond acceptors (Lipinski definition) is 2. The van der Waals surface area contributed by atoms with Crippen LogP contribution in [0.5, 0.6) is 5.75 Å². The van der Waals surface area contributed by atoms with Crippen molar-refractivity contribution in [3.63, 3.8) is 0 Å².